The smallest absolute Gasteiger partial charge is 0.250 e. The van der Waals surface area contributed by atoms with Crippen LogP contribution in [0.1, 0.15) is 19.6 Å². The molecule has 1 atom stereocenters. The van der Waals surface area contributed by atoms with Gasteiger partial charge >= 0.3 is 0 Å². The molecule has 1 unspecified atom stereocenters. The van der Waals surface area contributed by atoms with Gasteiger partial charge in [0.15, 0.2) is 0 Å². The zero-order valence-electron chi connectivity index (χ0n) is 10.7. The van der Waals surface area contributed by atoms with E-state index in [1.54, 1.807) is 16.9 Å². The summed E-state index contributed by atoms with van der Waals surface area (Å²) in [6.07, 6.45) is 4.35. The summed E-state index contributed by atoms with van der Waals surface area (Å²) in [4.78, 5) is 11.5. The molecule has 0 saturated carbocycles. The molecule has 4 heteroatoms. The Hall–Kier alpha value is -1.97. The number of hydrogen-bond donors (Lipinski definition) is 1. The van der Waals surface area contributed by atoms with Crippen LogP contribution >= 0.6 is 0 Å². The third-order valence-corrected chi connectivity index (χ3v) is 2.82. The van der Waals surface area contributed by atoms with E-state index in [1.807, 2.05) is 31.3 Å². The Balaban J connectivity index is 2.02. The molecule has 0 fully saturated rings. The predicted molar refractivity (Wildman–Crippen MR) is 71.9 cm³/mol. The summed E-state index contributed by atoms with van der Waals surface area (Å²) < 4.78 is 6.99. The van der Waals surface area contributed by atoms with E-state index in [-0.39, 0.29) is 11.6 Å². The first-order chi connectivity index (χ1) is 8.69. The van der Waals surface area contributed by atoms with E-state index in [2.05, 4.69) is 12.2 Å². The molecule has 4 nitrogen and oxygen atoms in total. The third-order valence-electron chi connectivity index (χ3n) is 2.82. The fourth-order valence-corrected chi connectivity index (χ4v) is 1.93. The first kappa shape index (κ1) is 12.5. The average molecular weight is 246 g/mol. The van der Waals surface area contributed by atoms with Crippen molar-refractivity contribution in [2.24, 2.45) is 0 Å². The van der Waals surface area contributed by atoms with Gasteiger partial charge in [0.2, 0.25) is 0 Å². The zero-order chi connectivity index (χ0) is 13.0. The summed E-state index contributed by atoms with van der Waals surface area (Å²) in [6, 6.07) is 7.50. The van der Waals surface area contributed by atoms with Crippen molar-refractivity contribution >= 4 is 5.69 Å². The van der Waals surface area contributed by atoms with Gasteiger partial charge in [-0.3, -0.25) is 4.79 Å². The number of pyridine rings is 1. The third kappa shape index (κ3) is 3.03. The van der Waals surface area contributed by atoms with Crippen molar-refractivity contribution in [3.8, 4) is 0 Å². The fraction of sp³-hybridized carbons (Fsp3) is 0.357. The maximum atomic E-state index is 11.5. The number of nitrogens with one attached hydrogen (secondary N) is 1. The number of rotatable bonds is 5. The minimum Gasteiger partial charge on any atom is -0.469 e. The second-order valence-corrected chi connectivity index (χ2v) is 4.37. The van der Waals surface area contributed by atoms with Gasteiger partial charge in [-0.2, -0.15) is 0 Å². The van der Waals surface area contributed by atoms with Gasteiger partial charge in [0, 0.05) is 31.3 Å². The number of nitrogens with zero attached hydrogens (tertiary/aromatic N) is 1. The number of aryl methyl sites for hydroxylation is 1. The summed E-state index contributed by atoms with van der Waals surface area (Å²) in [5.41, 5.74) is 0.984. The first-order valence-corrected chi connectivity index (χ1v) is 6.18. The highest BCUT2D eigenvalue weighted by molar-refractivity contribution is 5.41. The second kappa shape index (κ2) is 5.58. The molecule has 18 heavy (non-hydrogen) atoms. The van der Waals surface area contributed by atoms with Crippen LogP contribution in [0.5, 0.6) is 0 Å². The van der Waals surface area contributed by atoms with Gasteiger partial charge < -0.3 is 14.3 Å². The highest BCUT2D eigenvalue weighted by atomic mass is 16.3. The van der Waals surface area contributed by atoms with Gasteiger partial charge in [0.05, 0.1) is 12.0 Å². The molecule has 0 spiro atoms. The number of aromatic nitrogens is 1. The Morgan fingerprint density at radius 3 is 2.89 bits per heavy atom. The van der Waals surface area contributed by atoms with Crippen LogP contribution in [-0.2, 0) is 13.0 Å². The molecule has 1 N–H and O–H groups in total. The minimum absolute atomic E-state index is 0.0294. The molecule has 2 aromatic rings. The van der Waals surface area contributed by atoms with Crippen molar-refractivity contribution in [3.05, 3.63) is 52.8 Å². The van der Waals surface area contributed by atoms with Crippen LogP contribution in [0.4, 0.5) is 5.69 Å². The van der Waals surface area contributed by atoms with E-state index in [0.717, 1.165) is 17.9 Å². The lowest BCUT2D eigenvalue weighted by atomic mass is 10.2. The summed E-state index contributed by atoms with van der Waals surface area (Å²) in [6.45, 7) is 4.72. The van der Waals surface area contributed by atoms with E-state index in [1.165, 1.54) is 0 Å². The molecule has 0 aliphatic rings. The van der Waals surface area contributed by atoms with Crippen molar-refractivity contribution < 1.29 is 4.42 Å². The Labute approximate surface area is 106 Å². The van der Waals surface area contributed by atoms with Crippen molar-refractivity contribution in [2.45, 2.75) is 32.9 Å². The Bertz CT molecular complexity index is 543. The molecular formula is C14H18N2O2. The van der Waals surface area contributed by atoms with Crippen LogP contribution in [0.15, 0.2) is 45.9 Å². The van der Waals surface area contributed by atoms with Gasteiger partial charge in [-0.05, 0) is 32.0 Å². The normalized spacial score (nSPS) is 12.3. The van der Waals surface area contributed by atoms with Crippen molar-refractivity contribution in [1.82, 2.24) is 4.57 Å². The standard InChI is InChI=1S/C14H18N2O2/c1-3-16-10-12(6-7-14(16)17)15-11(2)9-13-5-4-8-18-13/h4-8,10-11,15H,3,9H2,1-2H3. The molecule has 2 aromatic heterocycles. The average Bonchev–Trinajstić information content (AvgIpc) is 2.84. The molecule has 96 valence electrons. The first-order valence-electron chi connectivity index (χ1n) is 6.18. The van der Waals surface area contributed by atoms with Gasteiger partial charge in [0.25, 0.3) is 5.56 Å². The minimum atomic E-state index is 0.0294. The van der Waals surface area contributed by atoms with E-state index >= 15 is 0 Å². The monoisotopic (exact) mass is 246 g/mol. The second-order valence-electron chi connectivity index (χ2n) is 4.37. The largest absolute Gasteiger partial charge is 0.469 e. The molecule has 0 aliphatic carbocycles. The molecule has 2 rings (SSSR count). The Morgan fingerprint density at radius 1 is 1.39 bits per heavy atom. The molecule has 0 bridgehead atoms. The summed E-state index contributed by atoms with van der Waals surface area (Å²) >= 11 is 0. The quantitative estimate of drug-likeness (QED) is 0.881. The van der Waals surface area contributed by atoms with Crippen LogP contribution in [0, 0.1) is 0 Å². The van der Waals surface area contributed by atoms with Gasteiger partial charge in [-0.25, -0.2) is 0 Å². The van der Waals surface area contributed by atoms with Crippen LogP contribution in [-0.4, -0.2) is 10.6 Å². The molecular weight excluding hydrogens is 228 g/mol. The topological polar surface area (TPSA) is 47.2 Å². The van der Waals surface area contributed by atoms with Crippen molar-refractivity contribution in [2.75, 3.05) is 5.32 Å². The molecule has 0 saturated heterocycles. The molecule has 2 heterocycles. The molecule has 0 amide bonds. The molecule has 0 aliphatic heterocycles. The lowest BCUT2D eigenvalue weighted by molar-refractivity contribution is 0.497. The Kier molecular flexibility index (Phi) is 3.87. The molecule has 0 aromatic carbocycles. The highest BCUT2D eigenvalue weighted by Gasteiger charge is 2.06. The van der Waals surface area contributed by atoms with E-state index in [0.29, 0.717) is 6.54 Å². The van der Waals surface area contributed by atoms with Crippen molar-refractivity contribution in [3.63, 3.8) is 0 Å². The number of furan rings is 1. The summed E-state index contributed by atoms with van der Waals surface area (Å²) in [5.74, 6) is 0.957. The number of hydrogen-bond acceptors (Lipinski definition) is 3. The van der Waals surface area contributed by atoms with Gasteiger partial charge in [0.1, 0.15) is 5.76 Å². The SMILES string of the molecule is CCn1cc(NC(C)Cc2ccco2)ccc1=O. The summed E-state index contributed by atoms with van der Waals surface area (Å²) in [7, 11) is 0. The van der Waals surface area contributed by atoms with E-state index < -0.39 is 0 Å². The fourth-order valence-electron chi connectivity index (χ4n) is 1.93. The summed E-state index contributed by atoms with van der Waals surface area (Å²) in [5, 5.41) is 3.36. The van der Waals surface area contributed by atoms with Gasteiger partial charge in [-0.15, -0.1) is 0 Å². The maximum Gasteiger partial charge on any atom is 0.250 e. The van der Waals surface area contributed by atoms with Crippen LogP contribution < -0.4 is 10.9 Å². The molecule has 0 radical (unpaired) electrons. The van der Waals surface area contributed by atoms with Crippen LogP contribution in [0.3, 0.4) is 0 Å². The lowest BCUT2D eigenvalue weighted by Gasteiger charge is -2.15. The zero-order valence-corrected chi connectivity index (χ0v) is 10.7. The van der Waals surface area contributed by atoms with Gasteiger partial charge in [-0.1, -0.05) is 0 Å². The maximum absolute atomic E-state index is 11.5. The lowest BCUT2D eigenvalue weighted by Crippen LogP contribution is -2.22. The highest BCUT2D eigenvalue weighted by Crippen LogP contribution is 2.10. The Morgan fingerprint density at radius 2 is 2.22 bits per heavy atom. The van der Waals surface area contributed by atoms with E-state index in [4.69, 9.17) is 4.42 Å². The van der Waals surface area contributed by atoms with Crippen molar-refractivity contribution in [1.29, 1.82) is 0 Å². The number of anilines is 1. The predicted octanol–water partition coefficient (Wildman–Crippen LogP) is 2.50. The van der Waals surface area contributed by atoms with Crippen LogP contribution in [0.2, 0.25) is 0 Å². The van der Waals surface area contributed by atoms with Crippen LogP contribution in [0.25, 0.3) is 0 Å². The van der Waals surface area contributed by atoms with E-state index in [9.17, 15) is 4.79 Å².